The first-order chi connectivity index (χ1) is 11.5. The SMILES string of the molecule is CNC(=O)C1(C(=O)NCc2ccc(OCCCC(=O)O)cc2)CC1. The molecule has 0 atom stereocenters. The van der Waals surface area contributed by atoms with E-state index in [4.69, 9.17) is 9.84 Å². The minimum absolute atomic E-state index is 0.0806. The Labute approximate surface area is 140 Å². The van der Waals surface area contributed by atoms with Crippen molar-refractivity contribution >= 4 is 17.8 Å². The molecular weight excluding hydrogens is 312 g/mol. The molecule has 2 amide bonds. The molecule has 0 unspecified atom stereocenters. The average Bonchev–Trinajstić information content (AvgIpc) is 3.38. The molecule has 0 aliphatic heterocycles. The van der Waals surface area contributed by atoms with Gasteiger partial charge in [-0.1, -0.05) is 12.1 Å². The minimum atomic E-state index is -0.887. The third-order valence-corrected chi connectivity index (χ3v) is 4.03. The summed E-state index contributed by atoms with van der Waals surface area (Å²) in [5.74, 6) is -0.657. The summed E-state index contributed by atoms with van der Waals surface area (Å²) in [5, 5.41) is 13.9. The largest absolute Gasteiger partial charge is 0.494 e. The first-order valence-electron chi connectivity index (χ1n) is 7.92. The van der Waals surface area contributed by atoms with Crippen LogP contribution in [0, 0.1) is 5.41 Å². The molecule has 0 bridgehead atoms. The molecule has 130 valence electrons. The fourth-order valence-corrected chi connectivity index (χ4v) is 2.39. The molecule has 1 aromatic rings. The van der Waals surface area contributed by atoms with Gasteiger partial charge in [-0.3, -0.25) is 14.4 Å². The quantitative estimate of drug-likeness (QED) is 0.463. The molecule has 0 radical (unpaired) electrons. The molecule has 24 heavy (non-hydrogen) atoms. The Morgan fingerprint density at radius 3 is 2.38 bits per heavy atom. The lowest BCUT2D eigenvalue weighted by Gasteiger charge is -2.14. The van der Waals surface area contributed by atoms with Gasteiger partial charge in [0.2, 0.25) is 11.8 Å². The van der Waals surface area contributed by atoms with Crippen molar-refractivity contribution in [1.29, 1.82) is 0 Å². The Kier molecular flexibility index (Phi) is 5.78. The zero-order chi connectivity index (χ0) is 17.6. The van der Waals surface area contributed by atoms with Crippen molar-refractivity contribution in [2.75, 3.05) is 13.7 Å². The number of carboxylic acids is 1. The smallest absolute Gasteiger partial charge is 0.303 e. The van der Waals surface area contributed by atoms with Gasteiger partial charge in [-0.05, 0) is 37.0 Å². The van der Waals surface area contributed by atoms with Gasteiger partial charge in [0.1, 0.15) is 11.2 Å². The number of hydrogen-bond donors (Lipinski definition) is 3. The number of amides is 2. The zero-order valence-electron chi connectivity index (χ0n) is 13.6. The van der Waals surface area contributed by atoms with Crippen molar-refractivity contribution in [3.63, 3.8) is 0 Å². The monoisotopic (exact) mass is 334 g/mol. The maximum atomic E-state index is 12.2. The van der Waals surface area contributed by atoms with Crippen LogP contribution in [0.15, 0.2) is 24.3 Å². The maximum absolute atomic E-state index is 12.2. The fourth-order valence-electron chi connectivity index (χ4n) is 2.39. The third kappa shape index (κ3) is 4.47. The van der Waals surface area contributed by atoms with E-state index in [-0.39, 0.29) is 18.2 Å². The summed E-state index contributed by atoms with van der Waals surface area (Å²) in [7, 11) is 1.53. The summed E-state index contributed by atoms with van der Waals surface area (Å²) in [6.07, 6.45) is 1.70. The predicted octanol–water partition coefficient (Wildman–Crippen LogP) is 1.07. The van der Waals surface area contributed by atoms with Gasteiger partial charge in [0, 0.05) is 20.0 Å². The van der Waals surface area contributed by atoms with Gasteiger partial charge >= 0.3 is 5.97 Å². The number of nitrogens with one attached hydrogen (secondary N) is 2. The second-order valence-corrected chi connectivity index (χ2v) is 5.83. The molecule has 7 heteroatoms. The molecule has 2 rings (SSSR count). The van der Waals surface area contributed by atoms with Crippen LogP contribution in [-0.2, 0) is 20.9 Å². The predicted molar refractivity (Wildman–Crippen MR) is 86.4 cm³/mol. The van der Waals surface area contributed by atoms with Crippen molar-refractivity contribution < 1.29 is 24.2 Å². The van der Waals surface area contributed by atoms with E-state index in [9.17, 15) is 14.4 Å². The van der Waals surface area contributed by atoms with Crippen LogP contribution < -0.4 is 15.4 Å². The molecule has 0 saturated heterocycles. The molecule has 1 saturated carbocycles. The molecule has 1 aromatic carbocycles. The number of aliphatic carboxylic acids is 1. The van der Waals surface area contributed by atoms with Gasteiger partial charge < -0.3 is 20.5 Å². The van der Waals surface area contributed by atoms with Crippen LogP contribution in [0.4, 0.5) is 0 Å². The van der Waals surface area contributed by atoms with Crippen molar-refractivity contribution in [3.8, 4) is 5.75 Å². The second kappa shape index (κ2) is 7.81. The highest BCUT2D eigenvalue weighted by molar-refractivity contribution is 6.07. The molecule has 0 heterocycles. The maximum Gasteiger partial charge on any atom is 0.303 e. The molecule has 1 aliphatic rings. The number of hydrogen-bond acceptors (Lipinski definition) is 4. The molecule has 1 fully saturated rings. The van der Waals surface area contributed by atoms with E-state index in [2.05, 4.69) is 10.6 Å². The average molecular weight is 334 g/mol. The summed E-state index contributed by atoms with van der Waals surface area (Å²) in [5.41, 5.74) is 0.0102. The Morgan fingerprint density at radius 1 is 1.17 bits per heavy atom. The van der Waals surface area contributed by atoms with Crippen molar-refractivity contribution in [3.05, 3.63) is 29.8 Å². The van der Waals surface area contributed by atoms with E-state index in [1.165, 1.54) is 7.05 Å². The summed E-state index contributed by atoms with van der Waals surface area (Å²) in [6, 6.07) is 7.19. The van der Waals surface area contributed by atoms with Crippen LogP contribution in [0.25, 0.3) is 0 Å². The molecule has 1 aliphatic carbocycles. The van der Waals surface area contributed by atoms with E-state index in [0.29, 0.717) is 38.2 Å². The number of ether oxygens (including phenoxy) is 1. The van der Waals surface area contributed by atoms with Crippen LogP contribution in [-0.4, -0.2) is 36.5 Å². The second-order valence-electron chi connectivity index (χ2n) is 5.83. The van der Waals surface area contributed by atoms with E-state index in [1.54, 1.807) is 12.1 Å². The number of carbonyl (C=O) groups is 3. The van der Waals surface area contributed by atoms with Crippen LogP contribution in [0.1, 0.15) is 31.2 Å². The summed E-state index contributed by atoms with van der Waals surface area (Å²) in [4.78, 5) is 34.3. The lowest BCUT2D eigenvalue weighted by Crippen LogP contribution is -2.41. The van der Waals surface area contributed by atoms with Crippen LogP contribution in [0.3, 0.4) is 0 Å². The number of rotatable bonds is 9. The highest BCUT2D eigenvalue weighted by Crippen LogP contribution is 2.46. The van der Waals surface area contributed by atoms with E-state index in [1.807, 2.05) is 12.1 Å². The third-order valence-electron chi connectivity index (χ3n) is 4.03. The van der Waals surface area contributed by atoms with Crippen LogP contribution >= 0.6 is 0 Å². The van der Waals surface area contributed by atoms with Gasteiger partial charge in [-0.15, -0.1) is 0 Å². The van der Waals surface area contributed by atoms with Crippen molar-refractivity contribution in [2.45, 2.75) is 32.2 Å². The molecular formula is C17H22N2O5. The van der Waals surface area contributed by atoms with Gasteiger partial charge in [-0.25, -0.2) is 0 Å². The highest BCUT2D eigenvalue weighted by Gasteiger charge is 2.55. The Balaban J connectivity index is 1.77. The van der Waals surface area contributed by atoms with E-state index < -0.39 is 11.4 Å². The standard InChI is InChI=1S/C17H22N2O5/c1-18-15(22)17(8-9-17)16(23)19-11-12-4-6-13(7-5-12)24-10-2-3-14(20)21/h4-7H,2-3,8-11H2,1H3,(H,18,22)(H,19,23)(H,20,21). The summed E-state index contributed by atoms with van der Waals surface area (Å²) >= 11 is 0. The van der Waals surface area contributed by atoms with E-state index in [0.717, 1.165) is 5.56 Å². The van der Waals surface area contributed by atoms with Gasteiger partial charge in [-0.2, -0.15) is 0 Å². The molecule has 0 aromatic heterocycles. The van der Waals surface area contributed by atoms with Gasteiger partial charge in [0.15, 0.2) is 0 Å². The van der Waals surface area contributed by atoms with Crippen LogP contribution in [0.2, 0.25) is 0 Å². The zero-order valence-corrected chi connectivity index (χ0v) is 13.6. The molecule has 0 spiro atoms. The Morgan fingerprint density at radius 2 is 1.83 bits per heavy atom. The topological polar surface area (TPSA) is 105 Å². The highest BCUT2D eigenvalue weighted by atomic mass is 16.5. The Hall–Kier alpha value is -2.57. The fraction of sp³-hybridized carbons (Fsp3) is 0.471. The van der Waals surface area contributed by atoms with E-state index >= 15 is 0 Å². The van der Waals surface area contributed by atoms with Crippen LogP contribution in [0.5, 0.6) is 5.75 Å². The first kappa shape index (κ1) is 17.8. The summed E-state index contributed by atoms with van der Waals surface area (Å²) in [6.45, 7) is 0.688. The normalized spacial score (nSPS) is 14.5. The number of benzene rings is 1. The van der Waals surface area contributed by atoms with Crippen molar-refractivity contribution in [2.24, 2.45) is 5.41 Å². The molecule has 7 nitrogen and oxygen atoms in total. The molecule has 3 N–H and O–H groups in total. The Bertz CT molecular complexity index is 608. The lowest BCUT2D eigenvalue weighted by atomic mass is 10.1. The number of carbonyl (C=O) groups excluding carboxylic acids is 2. The number of carboxylic acid groups (broad SMARTS) is 1. The van der Waals surface area contributed by atoms with Gasteiger partial charge in [0.25, 0.3) is 0 Å². The van der Waals surface area contributed by atoms with Crippen molar-refractivity contribution in [1.82, 2.24) is 10.6 Å². The first-order valence-corrected chi connectivity index (χ1v) is 7.92. The summed E-state index contributed by atoms with van der Waals surface area (Å²) < 4.78 is 5.44. The minimum Gasteiger partial charge on any atom is -0.494 e. The lowest BCUT2D eigenvalue weighted by molar-refractivity contribution is -0.138. The van der Waals surface area contributed by atoms with Gasteiger partial charge in [0.05, 0.1) is 6.61 Å².